The lowest BCUT2D eigenvalue weighted by Crippen LogP contribution is -2.18. The van der Waals surface area contributed by atoms with Crippen LogP contribution in [-0.4, -0.2) is 4.98 Å². The van der Waals surface area contributed by atoms with Crippen LogP contribution in [0.4, 0.5) is 0 Å². The average molecular weight is 279 g/mol. The van der Waals surface area contributed by atoms with Gasteiger partial charge in [-0.05, 0) is 30.2 Å². The third-order valence-electron chi connectivity index (χ3n) is 2.65. The van der Waals surface area contributed by atoms with Crippen molar-refractivity contribution in [3.63, 3.8) is 0 Å². The molecule has 2 aromatic rings. The molecule has 0 spiro atoms. The summed E-state index contributed by atoms with van der Waals surface area (Å²) in [6.45, 7) is 3.05. The lowest BCUT2D eigenvalue weighted by atomic mass is 10.1. The predicted molar refractivity (Wildman–Crippen MR) is 70.2 cm³/mol. The monoisotopic (exact) mass is 278 g/mol. The molecular weight excluding hydrogens is 264 g/mol. The van der Waals surface area contributed by atoms with E-state index in [1.54, 1.807) is 0 Å². The highest BCUT2D eigenvalue weighted by Gasteiger charge is 2.07. The van der Waals surface area contributed by atoms with Gasteiger partial charge in [0.05, 0.1) is 0 Å². The van der Waals surface area contributed by atoms with Gasteiger partial charge < -0.3 is 10.3 Å². The van der Waals surface area contributed by atoms with E-state index in [0.29, 0.717) is 6.04 Å². The molecule has 0 saturated heterocycles. The predicted octanol–water partition coefficient (Wildman–Crippen LogP) is 3.63. The van der Waals surface area contributed by atoms with Gasteiger partial charge in [0.25, 0.3) is 0 Å². The Bertz CT molecular complexity index is 437. The first-order valence-corrected chi connectivity index (χ1v) is 6.16. The van der Waals surface area contributed by atoms with Crippen molar-refractivity contribution in [1.82, 2.24) is 10.3 Å². The van der Waals surface area contributed by atoms with E-state index < -0.39 is 0 Å². The van der Waals surface area contributed by atoms with E-state index in [1.165, 1.54) is 11.1 Å². The number of aromatic nitrogens is 1. The molecule has 2 N–H and O–H groups in total. The van der Waals surface area contributed by atoms with Gasteiger partial charge in [-0.2, -0.15) is 0 Å². The molecule has 16 heavy (non-hydrogen) atoms. The number of halogens is 1. The Morgan fingerprint density at radius 3 is 2.81 bits per heavy atom. The van der Waals surface area contributed by atoms with E-state index in [2.05, 4.69) is 57.4 Å². The molecule has 0 unspecified atom stereocenters. The van der Waals surface area contributed by atoms with Crippen molar-refractivity contribution in [1.29, 1.82) is 0 Å². The second kappa shape index (κ2) is 5.32. The molecule has 0 bridgehead atoms. The Balaban J connectivity index is 1.98. The second-order valence-electron chi connectivity index (χ2n) is 3.84. The number of rotatable bonds is 4. The van der Waals surface area contributed by atoms with Crippen LogP contribution in [0, 0.1) is 0 Å². The number of nitrogens with one attached hydrogen (secondary N) is 2. The van der Waals surface area contributed by atoms with Gasteiger partial charge in [0.2, 0.25) is 0 Å². The third-order valence-corrected chi connectivity index (χ3v) is 3.37. The van der Waals surface area contributed by atoms with E-state index in [0.717, 1.165) is 11.0 Å². The van der Waals surface area contributed by atoms with Crippen molar-refractivity contribution < 1.29 is 0 Å². The molecule has 0 saturated carbocycles. The van der Waals surface area contributed by atoms with E-state index in [4.69, 9.17) is 0 Å². The fourth-order valence-corrected chi connectivity index (χ4v) is 2.30. The minimum Gasteiger partial charge on any atom is -0.367 e. The largest absolute Gasteiger partial charge is 0.367 e. The van der Waals surface area contributed by atoms with Crippen molar-refractivity contribution in [2.75, 3.05) is 0 Å². The standard InChI is InChI=1S/C13H15BrN2/c1-10(12-4-2-3-5-13(12)14)16-9-11-6-7-15-8-11/h2-8,10,15-16H,9H2,1H3/t10-/m0/s1. The van der Waals surface area contributed by atoms with Gasteiger partial charge in [-0.15, -0.1) is 0 Å². The number of hydrogen-bond donors (Lipinski definition) is 2. The van der Waals surface area contributed by atoms with E-state index >= 15 is 0 Å². The highest BCUT2D eigenvalue weighted by atomic mass is 79.9. The molecular formula is C13H15BrN2. The molecule has 0 aliphatic carbocycles. The molecule has 3 heteroatoms. The topological polar surface area (TPSA) is 27.8 Å². The summed E-state index contributed by atoms with van der Waals surface area (Å²) < 4.78 is 1.16. The average Bonchev–Trinajstić information content (AvgIpc) is 2.79. The number of H-pyrrole nitrogens is 1. The third kappa shape index (κ3) is 2.74. The fourth-order valence-electron chi connectivity index (χ4n) is 1.68. The minimum absolute atomic E-state index is 0.338. The second-order valence-corrected chi connectivity index (χ2v) is 4.70. The summed E-state index contributed by atoms with van der Waals surface area (Å²) >= 11 is 3.57. The molecule has 0 radical (unpaired) electrons. The molecule has 1 heterocycles. The van der Waals surface area contributed by atoms with E-state index in [9.17, 15) is 0 Å². The highest BCUT2D eigenvalue weighted by molar-refractivity contribution is 9.10. The van der Waals surface area contributed by atoms with Crippen molar-refractivity contribution in [3.05, 3.63) is 58.3 Å². The van der Waals surface area contributed by atoms with Crippen LogP contribution < -0.4 is 5.32 Å². The lowest BCUT2D eigenvalue weighted by molar-refractivity contribution is 0.573. The quantitative estimate of drug-likeness (QED) is 0.878. The van der Waals surface area contributed by atoms with Crippen LogP contribution in [-0.2, 0) is 6.54 Å². The van der Waals surface area contributed by atoms with Crippen LogP contribution in [0.1, 0.15) is 24.1 Å². The van der Waals surface area contributed by atoms with Crippen molar-refractivity contribution in [2.45, 2.75) is 19.5 Å². The first kappa shape index (κ1) is 11.4. The van der Waals surface area contributed by atoms with Gasteiger partial charge >= 0.3 is 0 Å². The number of hydrogen-bond acceptors (Lipinski definition) is 1. The van der Waals surface area contributed by atoms with Gasteiger partial charge in [0, 0.05) is 29.5 Å². The van der Waals surface area contributed by atoms with Crippen LogP contribution in [0.15, 0.2) is 47.2 Å². The summed E-state index contributed by atoms with van der Waals surface area (Å²) in [6, 6.07) is 10.7. The van der Waals surface area contributed by atoms with Crippen molar-refractivity contribution in [2.24, 2.45) is 0 Å². The summed E-state index contributed by atoms with van der Waals surface area (Å²) in [5, 5.41) is 3.49. The van der Waals surface area contributed by atoms with E-state index in [-0.39, 0.29) is 0 Å². The Morgan fingerprint density at radius 1 is 1.31 bits per heavy atom. The molecule has 0 aliphatic heterocycles. The van der Waals surface area contributed by atoms with Crippen LogP contribution in [0.25, 0.3) is 0 Å². The van der Waals surface area contributed by atoms with Gasteiger partial charge in [0.1, 0.15) is 0 Å². The van der Waals surface area contributed by atoms with Crippen molar-refractivity contribution in [3.8, 4) is 0 Å². The van der Waals surface area contributed by atoms with Crippen LogP contribution in [0.5, 0.6) is 0 Å². The Labute approximate surface area is 104 Å². The molecule has 0 aliphatic rings. The molecule has 1 atom stereocenters. The van der Waals surface area contributed by atoms with Gasteiger partial charge in [0.15, 0.2) is 0 Å². The molecule has 2 nitrogen and oxygen atoms in total. The zero-order valence-corrected chi connectivity index (χ0v) is 10.8. The van der Waals surface area contributed by atoms with Crippen LogP contribution in [0.3, 0.4) is 0 Å². The Morgan fingerprint density at radius 2 is 2.12 bits per heavy atom. The fraction of sp³-hybridized carbons (Fsp3) is 0.231. The number of aromatic amines is 1. The summed E-state index contributed by atoms with van der Waals surface area (Å²) in [5.74, 6) is 0. The molecule has 0 amide bonds. The first-order valence-electron chi connectivity index (χ1n) is 5.37. The lowest BCUT2D eigenvalue weighted by Gasteiger charge is -2.15. The zero-order chi connectivity index (χ0) is 11.4. The first-order chi connectivity index (χ1) is 7.77. The summed E-state index contributed by atoms with van der Waals surface area (Å²) in [4.78, 5) is 3.06. The molecule has 2 rings (SSSR count). The van der Waals surface area contributed by atoms with Crippen molar-refractivity contribution >= 4 is 15.9 Å². The molecule has 0 fully saturated rings. The minimum atomic E-state index is 0.338. The van der Waals surface area contributed by atoms with Crippen LogP contribution >= 0.6 is 15.9 Å². The maximum absolute atomic E-state index is 3.57. The maximum atomic E-state index is 3.57. The van der Waals surface area contributed by atoms with Gasteiger partial charge in [-0.1, -0.05) is 34.1 Å². The summed E-state index contributed by atoms with van der Waals surface area (Å²) in [5.41, 5.74) is 2.57. The normalized spacial score (nSPS) is 12.6. The Kier molecular flexibility index (Phi) is 3.80. The zero-order valence-electron chi connectivity index (χ0n) is 9.20. The molecule has 1 aromatic carbocycles. The summed E-state index contributed by atoms with van der Waals surface area (Å²) in [7, 11) is 0. The van der Waals surface area contributed by atoms with E-state index in [1.807, 2.05) is 18.5 Å². The van der Waals surface area contributed by atoms with Gasteiger partial charge in [-0.3, -0.25) is 0 Å². The smallest absolute Gasteiger partial charge is 0.0306 e. The van der Waals surface area contributed by atoms with Gasteiger partial charge in [-0.25, -0.2) is 0 Å². The maximum Gasteiger partial charge on any atom is 0.0306 e. The summed E-state index contributed by atoms with van der Waals surface area (Å²) in [6.07, 6.45) is 3.96. The molecule has 84 valence electrons. The Hall–Kier alpha value is -1.06. The SMILES string of the molecule is C[C@H](NCc1cc[nH]c1)c1ccccc1Br. The number of benzene rings is 1. The van der Waals surface area contributed by atoms with Crippen LogP contribution in [0.2, 0.25) is 0 Å². The highest BCUT2D eigenvalue weighted by Crippen LogP contribution is 2.22. The molecule has 1 aromatic heterocycles.